The Bertz CT molecular complexity index is 1290. The van der Waals surface area contributed by atoms with E-state index in [0.717, 1.165) is 40.7 Å². The molecule has 0 spiro atoms. The molecular weight excluding hydrogens is 414 g/mol. The second-order valence-electron chi connectivity index (χ2n) is 7.79. The zero-order valence-electron chi connectivity index (χ0n) is 18.2. The number of aliphatic carboxylic acids is 1. The average molecular weight is 440 g/mol. The van der Waals surface area contributed by atoms with Crippen LogP contribution in [0.4, 0.5) is 0 Å². The van der Waals surface area contributed by atoms with E-state index in [2.05, 4.69) is 24.3 Å². The topological polar surface area (TPSA) is 68.5 Å². The largest absolute Gasteiger partial charge is 0.482 e. The van der Waals surface area contributed by atoms with Gasteiger partial charge in [-0.25, -0.2) is 4.79 Å². The summed E-state index contributed by atoms with van der Waals surface area (Å²) < 4.78 is 7.00. The number of aryl methyl sites for hydroxylation is 2. The van der Waals surface area contributed by atoms with E-state index in [9.17, 15) is 9.59 Å². The highest BCUT2D eigenvalue weighted by Crippen LogP contribution is 2.31. The molecule has 0 bridgehead atoms. The van der Waals surface area contributed by atoms with E-state index in [-0.39, 0.29) is 12.2 Å². The summed E-state index contributed by atoms with van der Waals surface area (Å²) in [6.45, 7) is 0.219. The molecule has 0 radical (unpaired) electrons. The summed E-state index contributed by atoms with van der Waals surface area (Å²) in [5.41, 5.74) is 5.35. The first-order chi connectivity index (χ1) is 16.1. The van der Waals surface area contributed by atoms with Gasteiger partial charge in [-0.1, -0.05) is 66.7 Å². The van der Waals surface area contributed by atoms with Gasteiger partial charge in [0.1, 0.15) is 5.75 Å². The van der Waals surface area contributed by atoms with Crippen molar-refractivity contribution in [1.82, 2.24) is 4.57 Å². The number of carboxylic acid groups (broad SMARTS) is 1. The molecule has 0 aliphatic carbocycles. The molecule has 0 atom stereocenters. The molecule has 0 saturated carbocycles. The minimum atomic E-state index is -1.01. The van der Waals surface area contributed by atoms with Crippen LogP contribution < -0.4 is 10.3 Å². The van der Waals surface area contributed by atoms with Gasteiger partial charge in [0.05, 0.1) is 0 Å². The Morgan fingerprint density at radius 3 is 2.30 bits per heavy atom. The standard InChI is InChI=1S/C28H25NO4/c30-27-16-15-23(26-14-5-4-13-25(26)22-10-2-1-3-11-22)19-29(27)17-7-9-21-8-6-12-24(18-21)33-20-28(31)32/h1-6,8,10-16,18-19H,7,9,17,20H2,(H,31,32). The molecule has 5 heteroatoms. The van der Waals surface area contributed by atoms with E-state index in [1.54, 1.807) is 16.7 Å². The van der Waals surface area contributed by atoms with Crippen LogP contribution >= 0.6 is 0 Å². The van der Waals surface area contributed by atoms with Crippen LogP contribution in [-0.2, 0) is 17.8 Å². The fourth-order valence-electron chi connectivity index (χ4n) is 3.86. The molecule has 1 aromatic heterocycles. The van der Waals surface area contributed by atoms with Gasteiger partial charge in [-0.05, 0) is 58.9 Å². The van der Waals surface area contributed by atoms with Crippen LogP contribution in [0.3, 0.4) is 0 Å². The zero-order chi connectivity index (χ0) is 23.0. The van der Waals surface area contributed by atoms with Crippen LogP contribution in [0, 0.1) is 0 Å². The minimum absolute atomic E-state index is 0.0329. The molecule has 0 aliphatic rings. The second-order valence-corrected chi connectivity index (χ2v) is 7.79. The van der Waals surface area contributed by atoms with E-state index in [1.807, 2.05) is 60.8 Å². The quantitative estimate of drug-likeness (QED) is 0.385. The van der Waals surface area contributed by atoms with Crippen molar-refractivity contribution in [3.05, 3.63) is 113 Å². The lowest BCUT2D eigenvalue weighted by molar-refractivity contribution is -0.139. The lowest BCUT2D eigenvalue weighted by Crippen LogP contribution is -2.19. The van der Waals surface area contributed by atoms with Gasteiger partial charge in [0, 0.05) is 18.8 Å². The van der Waals surface area contributed by atoms with Crippen LogP contribution in [0.1, 0.15) is 12.0 Å². The van der Waals surface area contributed by atoms with Crippen molar-refractivity contribution in [2.24, 2.45) is 0 Å². The van der Waals surface area contributed by atoms with Gasteiger partial charge in [0.2, 0.25) is 0 Å². The monoisotopic (exact) mass is 439 g/mol. The van der Waals surface area contributed by atoms with Gasteiger partial charge in [-0.3, -0.25) is 4.79 Å². The molecule has 4 aromatic rings. The second kappa shape index (κ2) is 10.5. The molecule has 3 aromatic carbocycles. The predicted molar refractivity (Wildman–Crippen MR) is 129 cm³/mol. The Labute approximate surface area is 192 Å². The Kier molecular flexibility index (Phi) is 7.00. The van der Waals surface area contributed by atoms with E-state index in [1.165, 1.54) is 0 Å². The normalized spacial score (nSPS) is 10.7. The van der Waals surface area contributed by atoms with Gasteiger partial charge in [-0.15, -0.1) is 0 Å². The number of hydrogen-bond acceptors (Lipinski definition) is 3. The van der Waals surface area contributed by atoms with Crippen LogP contribution in [0.5, 0.6) is 5.75 Å². The van der Waals surface area contributed by atoms with Crippen molar-refractivity contribution in [2.45, 2.75) is 19.4 Å². The van der Waals surface area contributed by atoms with Crippen molar-refractivity contribution < 1.29 is 14.6 Å². The van der Waals surface area contributed by atoms with Gasteiger partial charge in [-0.2, -0.15) is 0 Å². The number of ether oxygens (including phenoxy) is 1. The number of pyridine rings is 1. The molecular formula is C28H25NO4. The number of carboxylic acids is 1. The van der Waals surface area contributed by atoms with E-state index in [0.29, 0.717) is 12.3 Å². The van der Waals surface area contributed by atoms with Gasteiger partial charge < -0.3 is 14.4 Å². The molecule has 0 saturated heterocycles. The van der Waals surface area contributed by atoms with Crippen LogP contribution in [0.25, 0.3) is 22.3 Å². The maximum Gasteiger partial charge on any atom is 0.341 e. The summed E-state index contributed by atoms with van der Waals surface area (Å²) in [7, 11) is 0. The third-order valence-corrected chi connectivity index (χ3v) is 5.43. The van der Waals surface area contributed by atoms with E-state index >= 15 is 0 Å². The Morgan fingerprint density at radius 2 is 1.55 bits per heavy atom. The Morgan fingerprint density at radius 1 is 0.818 bits per heavy atom. The number of aromatic nitrogens is 1. The molecule has 4 rings (SSSR count). The summed E-state index contributed by atoms with van der Waals surface area (Å²) in [6.07, 6.45) is 3.45. The molecule has 0 fully saturated rings. The molecule has 0 aliphatic heterocycles. The van der Waals surface area contributed by atoms with E-state index in [4.69, 9.17) is 9.84 Å². The lowest BCUT2D eigenvalue weighted by atomic mass is 9.95. The Hall–Kier alpha value is -4.12. The third-order valence-electron chi connectivity index (χ3n) is 5.43. The SMILES string of the molecule is O=C(O)COc1cccc(CCCn2cc(-c3ccccc3-c3ccccc3)ccc2=O)c1. The molecule has 1 N–H and O–H groups in total. The number of hydrogen-bond donors (Lipinski definition) is 1. The number of carbonyl (C=O) groups is 1. The van der Waals surface area contributed by atoms with Gasteiger partial charge in [0.25, 0.3) is 5.56 Å². The number of benzene rings is 3. The minimum Gasteiger partial charge on any atom is -0.482 e. The first-order valence-corrected chi connectivity index (χ1v) is 10.9. The van der Waals surface area contributed by atoms with Crippen molar-refractivity contribution in [1.29, 1.82) is 0 Å². The molecule has 0 amide bonds. The van der Waals surface area contributed by atoms with Gasteiger partial charge >= 0.3 is 5.97 Å². The van der Waals surface area contributed by atoms with Crippen LogP contribution in [0.2, 0.25) is 0 Å². The molecule has 33 heavy (non-hydrogen) atoms. The summed E-state index contributed by atoms with van der Waals surface area (Å²) >= 11 is 0. The van der Waals surface area contributed by atoms with Crippen LogP contribution in [0.15, 0.2) is 102 Å². The van der Waals surface area contributed by atoms with Crippen molar-refractivity contribution in [2.75, 3.05) is 6.61 Å². The summed E-state index contributed by atoms with van der Waals surface area (Å²) in [4.78, 5) is 23.2. The number of rotatable bonds is 9. The molecule has 5 nitrogen and oxygen atoms in total. The number of nitrogens with zero attached hydrogens (tertiary/aromatic N) is 1. The zero-order valence-corrected chi connectivity index (χ0v) is 18.2. The first-order valence-electron chi connectivity index (χ1n) is 10.9. The maximum atomic E-state index is 12.5. The first kappa shape index (κ1) is 22.1. The summed E-state index contributed by atoms with van der Waals surface area (Å²) in [5.74, 6) is -0.472. The smallest absolute Gasteiger partial charge is 0.341 e. The fraction of sp³-hybridized carbons (Fsp3) is 0.143. The molecule has 0 unspecified atom stereocenters. The summed E-state index contributed by atoms with van der Waals surface area (Å²) in [5, 5.41) is 8.77. The summed E-state index contributed by atoms with van der Waals surface area (Å²) in [6, 6.07) is 29.3. The highest BCUT2D eigenvalue weighted by atomic mass is 16.5. The van der Waals surface area contributed by atoms with Crippen molar-refractivity contribution >= 4 is 5.97 Å². The third kappa shape index (κ3) is 5.77. The lowest BCUT2D eigenvalue weighted by Gasteiger charge is -2.13. The van der Waals surface area contributed by atoms with E-state index < -0.39 is 5.97 Å². The van der Waals surface area contributed by atoms with Crippen molar-refractivity contribution in [3.63, 3.8) is 0 Å². The van der Waals surface area contributed by atoms with Crippen LogP contribution in [-0.4, -0.2) is 22.2 Å². The highest BCUT2D eigenvalue weighted by Gasteiger charge is 2.09. The van der Waals surface area contributed by atoms with Crippen molar-refractivity contribution in [3.8, 4) is 28.0 Å². The van der Waals surface area contributed by atoms with Gasteiger partial charge in [0.15, 0.2) is 6.61 Å². The Balaban J connectivity index is 1.49. The molecule has 166 valence electrons. The highest BCUT2D eigenvalue weighted by molar-refractivity contribution is 5.83. The average Bonchev–Trinajstić information content (AvgIpc) is 2.85. The molecule has 1 heterocycles. The fourth-order valence-corrected chi connectivity index (χ4v) is 3.86. The maximum absolute atomic E-state index is 12.5. The predicted octanol–water partition coefficient (Wildman–Crippen LogP) is 5.28.